The number of aryl methyl sites for hydroxylation is 1. The van der Waals surface area contributed by atoms with E-state index in [1.165, 1.54) is 0 Å². The summed E-state index contributed by atoms with van der Waals surface area (Å²) in [6.45, 7) is 0.952. The number of benzene rings is 3. The van der Waals surface area contributed by atoms with Crippen molar-refractivity contribution < 1.29 is 19.0 Å². The quantitative estimate of drug-likeness (QED) is 0.270. The summed E-state index contributed by atoms with van der Waals surface area (Å²) in [5.74, 6) is -1.22. The van der Waals surface area contributed by atoms with E-state index in [9.17, 15) is 4.79 Å². The molecule has 36 heavy (non-hydrogen) atoms. The second-order valence-electron chi connectivity index (χ2n) is 8.86. The summed E-state index contributed by atoms with van der Waals surface area (Å²) in [7, 11) is 0. The highest BCUT2D eigenvalue weighted by Crippen LogP contribution is 2.31. The maximum Gasteiger partial charge on any atom is 0.338 e. The number of hydrogen-bond acceptors (Lipinski definition) is 5. The summed E-state index contributed by atoms with van der Waals surface area (Å²) in [6.07, 6.45) is 6.38. The molecule has 0 amide bonds. The Hall–Kier alpha value is -3.45. The van der Waals surface area contributed by atoms with Gasteiger partial charge in [-0.25, -0.2) is 9.78 Å². The average molecular weight is 503 g/mol. The molecule has 2 heterocycles. The number of halogens is 1. The molecule has 0 aliphatic carbocycles. The van der Waals surface area contributed by atoms with E-state index in [4.69, 9.17) is 25.8 Å². The van der Waals surface area contributed by atoms with Gasteiger partial charge in [0.2, 0.25) is 0 Å². The molecule has 5 rings (SSSR count). The van der Waals surface area contributed by atoms with Crippen LogP contribution < -0.4 is 0 Å². The van der Waals surface area contributed by atoms with E-state index in [1.54, 1.807) is 24.7 Å². The molecule has 0 spiro atoms. The molecule has 0 bridgehead atoms. The largest absolute Gasteiger partial charge is 0.459 e. The Kier molecular flexibility index (Phi) is 7.47. The smallest absolute Gasteiger partial charge is 0.338 e. The van der Waals surface area contributed by atoms with E-state index >= 15 is 0 Å². The lowest BCUT2D eigenvalue weighted by Gasteiger charge is -2.28. The lowest BCUT2D eigenvalue weighted by Crippen LogP contribution is -2.37. The lowest BCUT2D eigenvalue weighted by molar-refractivity contribution is -0.185. The molecule has 7 heteroatoms. The minimum atomic E-state index is -0.839. The molecule has 6 nitrogen and oxygen atoms in total. The van der Waals surface area contributed by atoms with Crippen LogP contribution in [0.25, 0.3) is 11.1 Å². The zero-order valence-corrected chi connectivity index (χ0v) is 20.5. The second-order valence-corrected chi connectivity index (χ2v) is 9.30. The van der Waals surface area contributed by atoms with Gasteiger partial charge < -0.3 is 18.8 Å². The first kappa shape index (κ1) is 24.3. The number of carbonyl (C=O) groups is 1. The van der Waals surface area contributed by atoms with Gasteiger partial charge in [0, 0.05) is 23.8 Å². The van der Waals surface area contributed by atoms with Gasteiger partial charge >= 0.3 is 5.97 Å². The normalized spacial score (nSPS) is 19.3. The Morgan fingerprint density at radius 2 is 1.78 bits per heavy atom. The average Bonchev–Trinajstić information content (AvgIpc) is 3.58. The Morgan fingerprint density at radius 3 is 2.50 bits per heavy atom. The van der Waals surface area contributed by atoms with Gasteiger partial charge in [0.15, 0.2) is 5.79 Å². The second kappa shape index (κ2) is 11.1. The monoisotopic (exact) mass is 502 g/mol. The standard InChI is InChI=1S/C29H27ClN2O4/c30-26-12-6-22(7-13-26)14-15-29(20-32-17-16-31-21-32)35-19-27(36-29)18-34-28(33)25-10-8-24(9-11-25)23-4-2-1-3-5-23/h1-13,16-17,21,27H,14-15,18-20H2/t27-,29-/m0/s1. The molecule has 2 atom stereocenters. The number of esters is 1. The molecule has 1 aromatic heterocycles. The van der Waals surface area contributed by atoms with Crippen LogP contribution in [0.4, 0.5) is 0 Å². The molecule has 4 aromatic rings. The zero-order chi connectivity index (χ0) is 24.8. The third-order valence-electron chi connectivity index (χ3n) is 6.23. The van der Waals surface area contributed by atoms with Gasteiger partial charge in [-0.2, -0.15) is 0 Å². The van der Waals surface area contributed by atoms with E-state index in [1.807, 2.05) is 77.5 Å². The van der Waals surface area contributed by atoms with Crippen molar-refractivity contribution in [2.75, 3.05) is 13.2 Å². The maximum atomic E-state index is 12.7. The summed E-state index contributed by atoms with van der Waals surface area (Å²) < 4.78 is 20.1. The third kappa shape index (κ3) is 6.02. The van der Waals surface area contributed by atoms with Crippen LogP contribution in [-0.4, -0.2) is 40.6 Å². The number of hydrogen-bond donors (Lipinski definition) is 0. The van der Waals surface area contributed by atoms with Crippen LogP contribution in [0.3, 0.4) is 0 Å². The predicted molar refractivity (Wildman–Crippen MR) is 138 cm³/mol. The highest BCUT2D eigenvalue weighted by Gasteiger charge is 2.42. The van der Waals surface area contributed by atoms with Crippen molar-refractivity contribution in [3.63, 3.8) is 0 Å². The number of ether oxygens (including phenoxy) is 3. The Labute approximate surface area is 215 Å². The van der Waals surface area contributed by atoms with Gasteiger partial charge in [-0.3, -0.25) is 0 Å². The molecule has 184 valence electrons. The first-order valence-electron chi connectivity index (χ1n) is 11.9. The van der Waals surface area contributed by atoms with Crippen molar-refractivity contribution in [2.45, 2.75) is 31.3 Å². The van der Waals surface area contributed by atoms with Gasteiger partial charge in [-0.15, -0.1) is 0 Å². The van der Waals surface area contributed by atoms with Crippen molar-refractivity contribution >= 4 is 17.6 Å². The molecule has 0 unspecified atom stereocenters. The minimum Gasteiger partial charge on any atom is -0.459 e. The summed E-state index contributed by atoms with van der Waals surface area (Å²) in [5, 5.41) is 0.705. The van der Waals surface area contributed by atoms with Crippen LogP contribution in [0.5, 0.6) is 0 Å². The first-order chi connectivity index (χ1) is 17.6. The summed E-state index contributed by atoms with van der Waals surface area (Å²) >= 11 is 6.02. The number of aromatic nitrogens is 2. The number of rotatable bonds is 9. The van der Waals surface area contributed by atoms with Crippen LogP contribution >= 0.6 is 11.6 Å². The van der Waals surface area contributed by atoms with Gasteiger partial charge in [0.25, 0.3) is 0 Å². The van der Waals surface area contributed by atoms with Crippen molar-refractivity contribution in [3.8, 4) is 11.1 Å². The fourth-order valence-electron chi connectivity index (χ4n) is 4.32. The summed E-state index contributed by atoms with van der Waals surface area (Å²) in [4.78, 5) is 16.8. The van der Waals surface area contributed by atoms with Crippen molar-refractivity contribution in [1.29, 1.82) is 0 Å². The van der Waals surface area contributed by atoms with Crippen molar-refractivity contribution in [2.24, 2.45) is 0 Å². The van der Waals surface area contributed by atoms with Crippen LogP contribution in [-0.2, 0) is 27.2 Å². The lowest BCUT2D eigenvalue weighted by atomic mass is 10.0. The SMILES string of the molecule is O=C(OC[C@H]1CO[C@](CCc2ccc(Cl)cc2)(Cn2ccnc2)O1)c1ccc(-c2ccccc2)cc1. The molecule has 0 saturated carbocycles. The molecule has 1 saturated heterocycles. The topological polar surface area (TPSA) is 62.6 Å². The molecular weight excluding hydrogens is 476 g/mol. The fraction of sp³-hybridized carbons (Fsp3) is 0.241. The predicted octanol–water partition coefficient (Wildman–Crippen LogP) is 5.81. The van der Waals surface area contributed by atoms with Crippen molar-refractivity contribution in [1.82, 2.24) is 9.55 Å². The number of nitrogens with zero attached hydrogens (tertiary/aromatic N) is 2. The maximum absolute atomic E-state index is 12.7. The number of carbonyl (C=O) groups excluding carboxylic acids is 1. The highest BCUT2D eigenvalue weighted by atomic mass is 35.5. The first-order valence-corrected chi connectivity index (χ1v) is 12.3. The minimum absolute atomic E-state index is 0.117. The van der Waals surface area contributed by atoms with Crippen LogP contribution in [0, 0.1) is 0 Å². The van der Waals surface area contributed by atoms with Crippen molar-refractivity contribution in [3.05, 3.63) is 114 Å². The molecule has 0 N–H and O–H groups in total. The summed E-state index contributed by atoms with van der Waals surface area (Å²) in [6, 6.07) is 25.2. The van der Waals surface area contributed by atoms with Gasteiger partial charge in [-0.05, 0) is 47.4 Å². The molecule has 1 aliphatic rings. The van der Waals surface area contributed by atoms with Crippen LogP contribution in [0.2, 0.25) is 5.02 Å². The van der Waals surface area contributed by atoms with E-state index in [2.05, 4.69) is 4.98 Å². The molecule has 0 radical (unpaired) electrons. The zero-order valence-electron chi connectivity index (χ0n) is 19.8. The van der Waals surface area contributed by atoms with Crippen LogP contribution in [0.1, 0.15) is 22.3 Å². The van der Waals surface area contributed by atoms with Gasteiger partial charge in [-0.1, -0.05) is 66.2 Å². The molecule has 1 fully saturated rings. The fourth-order valence-corrected chi connectivity index (χ4v) is 4.44. The molecule has 1 aliphatic heterocycles. The van der Waals surface area contributed by atoms with E-state index < -0.39 is 5.79 Å². The highest BCUT2D eigenvalue weighted by molar-refractivity contribution is 6.30. The Morgan fingerprint density at radius 1 is 1.03 bits per heavy atom. The van der Waals surface area contributed by atoms with E-state index in [0.717, 1.165) is 23.1 Å². The molecule has 3 aromatic carbocycles. The van der Waals surface area contributed by atoms with Gasteiger partial charge in [0.1, 0.15) is 12.7 Å². The third-order valence-corrected chi connectivity index (χ3v) is 6.48. The van der Waals surface area contributed by atoms with E-state index in [0.29, 0.717) is 30.2 Å². The Bertz CT molecular complexity index is 1260. The summed E-state index contributed by atoms with van der Waals surface area (Å²) in [5.41, 5.74) is 3.79. The van der Waals surface area contributed by atoms with Crippen LogP contribution in [0.15, 0.2) is 97.6 Å². The molecular formula is C29H27ClN2O4. The Balaban J connectivity index is 1.19. The number of imidazole rings is 1. The van der Waals surface area contributed by atoms with Gasteiger partial charge in [0.05, 0.1) is 25.0 Å². The van der Waals surface area contributed by atoms with E-state index in [-0.39, 0.29) is 18.7 Å².